The minimum Gasteiger partial charge on any atom is -0.490 e. The van der Waals surface area contributed by atoms with Crippen molar-refractivity contribution in [2.75, 3.05) is 6.61 Å². The molecule has 0 bridgehead atoms. The number of carboxylic acid groups (broad SMARTS) is 1. The lowest BCUT2D eigenvalue weighted by Crippen LogP contribution is -2.37. The number of carbonyl (C=O) groups is 1. The van der Waals surface area contributed by atoms with Crippen molar-refractivity contribution in [1.29, 1.82) is 0 Å². The maximum atomic E-state index is 14.0. The monoisotopic (exact) mass is 501 g/mol. The standard InChI is InChI=1S/C22H26BrClFNO4/c1-4-29-20-9-14(11-26-19(22(27)28)8-13(2)3)16(23)10-21(20)30-12-15-17(24)6-5-7-18(15)25/h5-7,9-10,13,19,26H,4,8,11-12H2,1-3H3,(H,27,28). The number of aliphatic carboxylic acids is 1. The van der Waals surface area contributed by atoms with Crippen molar-refractivity contribution in [3.8, 4) is 11.5 Å². The van der Waals surface area contributed by atoms with E-state index in [4.69, 9.17) is 21.1 Å². The van der Waals surface area contributed by atoms with Gasteiger partial charge >= 0.3 is 5.97 Å². The van der Waals surface area contributed by atoms with E-state index in [9.17, 15) is 14.3 Å². The third-order valence-corrected chi connectivity index (χ3v) is 5.48. The Bertz CT molecular complexity index is 858. The third-order valence-electron chi connectivity index (χ3n) is 4.39. The summed E-state index contributed by atoms with van der Waals surface area (Å²) in [6, 6.07) is 7.34. The Hall–Kier alpha value is -1.83. The molecule has 0 spiro atoms. The van der Waals surface area contributed by atoms with E-state index < -0.39 is 17.8 Å². The van der Waals surface area contributed by atoms with Crippen LogP contribution in [0.1, 0.15) is 38.3 Å². The van der Waals surface area contributed by atoms with Crippen molar-refractivity contribution >= 4 is 33.5 Å². The lowest BCUT2D eigenvalue weighted by molar-refractivity contribution is -0.140. The number of nitrogens with one attached hydrogen (secondary N) is 1. The molecule has 164 valence electrons. The molecule has 0 fully saturated rings. The van der Waals surface area contributed by atoms with Gasteiger partial charge in [0.25, 0.3) is 0 Å². The molecule has 2 rings (SSSR count). The number of halogens is 3. The second-order valence-electron chi connectivity index (χ2n) is 7.21. The SMILES string of the molecule is CCOc1cc(CNC(CC(C)C)C(=O)O)c(Br)cc1OCc1c(F)cccc1Cl. The van der Waals surface area contributed by atoms with Gasteiger partial charge in [-0.1, -0.05) is 47.4 Å². The molecule has 5 nitrogen and oxygen atoms in total. The van der Waals surface area contributed by atoms with Crippen LogP contribution in [-0.4, -0.2) is 23.7 Å². The van der Waals surface area contributed by atoms with Crippen molar-refractivity contribution in [2.24, 2.45) is 5.92 Å². The molecule has 2 aromatic rings. The third kappa shape index (κ3) is 6.86. The van der Waals surface area contributed by atoms with Crippen LogP contribution in [0.25, 0.3) is 0 Å². The summed E-state index contributed by atoms with van der Waals surface area (Å²) in [6.45, 7) is 6.51. The van der Waals surface area contributed by atoms with Gasteiger partial charge in [-0.05, 0) is 49.1 Å². The second kappa shape index (κ2) is 11.5. The van der Waals surface area contributed by atoms with E-state index in [0.717, 1.165) is 10.0 Å². The summed E-state index contributed by atoms with van der Waals surface area (Å²) in [4.78, 5) is 11.5. The molecule has 30 heavy (non-hydrogen) atoms. The topological polar surface area (TPSA) is 67.8 Å². The smallest absolute Gasteiger partial charge is 0.320 e. The van der Waals surface area contributed by atoms with E-state index in [1.165, 1.54) is 12.1 Å². The Morgan fingerprint density at radius 3 is 2.57 bits per heavy atom. The average Bonchev–Trinajstić information content (AvgIpc) is 2.66. The predicted octanol–water partition coefficient (Wildman–Crippen LogP) is 5.81. The van der Waals surface area contributed by atoms with Crippen LogP contribution >= 0.6 is 27.5 Å². The molecule has 0 radical (unpaired) electrons. The number of carboxylic acids is 1. The lowest BCUT2D eigenvalue weighted by Gasteiger charge is -2.19. The number of rotatable bonds is 11. The van der Waals surface area contributed by atoms with Gasteiger partial charge in [-0.15, -0.1) is 0 Å². The van der Waals surface area contributed by atoms with Gasteiger partial charge in [0, 0.05) is 16.6 Å². The van der Waals surface area contributed by atoms with Gasteiger partial charge in [0.15, 0.2) is 11.5 Å². The Labute approximate surface area is 189 Å². The van der Waals surface area contributed by atoms with Crippen molar-refractivity contribution in [1.82, 2.24) is 5.32 Å². The number of ether oxygens (including phenoxy) is 2. The molecular formula is C22H26BrClFNO4. The summed E-state index contributed by atoms with van der Waals surface area (Å²) in [7, 11) is 0. The summed E-state index contributed by atoms with van der Waals surface area (Å²) in [6.07, 6.45) is 0.524. The number of hydrogen-bond acceptors (Lipinski definition) is 4. The van der Waals surface area contributed by atoms with E-state index >= 15 is 0 Å². The molecule has 0 aromatic heterocycles. The zero-order valence-electron chi connectivity index (χ0n) is 17.2. The summed E-state index contributed by atoms with van der Waals surface area (Å²) in [5.74, 6) is -0.150. The zero-order chi connectivity index (χ0) is 22.3. The van der Waals surface area contributed by atoms with Crippen LogP contribution in [-0.2, 0) is 17.9 Å². The normalized spacial score (nSPS) is 12.1. The van der Waals surface area contributed by atoms with Crippen LogP contribution in [0, 0.1) is 11.7 Å². The van der Waals surface area contributed by atoms with E-state index in [1.807, 2.05) is 20.8 Å². The largest absolute Gasteiger partial charge is 0.490 e. The molecule has 1 unspecified atom stereocenters. The highest BCUT2D eigenvalue weighted by molar-refractivity contribution is 9.10. The maximum Gasteiger partial charge on any atom is 0.320 e. The van der Waals surface area contributed by atoms with E-state index in [0.29, 0.717) is 31.1 Å². The van der Waals surface area contributed by atoms with Gasteiger partial charge in [-0.3, -0.25) is 4.79 Å². The fraction of sp³-hybridized carbons (Fsp3) is 0.409. The van der Waals surface area contributed by atoms with Crippen molar-refractivity contribution in [2.45, 2.75) is 46.4 Å². The minimum absolute atomic E-state index is 0.0505. The van der Waals surface area contributed by atoms with Gasteiger partial charge in [0.2, 0.25) is 0 Å². The van der Waals surface area contributed by atoms with Crippen LogP contribution in [0.4, 0.5) is 4.39 Å². The van der Waals surface area contributed by atoms with E-state index in [2.05, 4.69) is 21.2 Å². The molecular weight excluding hydrogens is 477 g/mol. The first-order chi connectivity index (χ1) is 14.2. The highest BCUT2D eigenvalue weighted by Gasteiger charge is 2.19. The predicted molar refractivity (Wildman–Crippen MR) is 119 cm³/mol. The summed E-state index contributed by atoms with van der Waals surface area (Å²) in [5, 5.41) is 12.8. The number of hydrogen-bond donors (Lipinski definition) is 2. The average molecular weight is 503 g/mol. The van der Waals surface area contributed by atoms with Gasteiger partial charge in [-0.25, -0.2) is 4.39 Å². The molecule has 8 heteroatoms. The van der Waals surface area contributed by atoms with Gasteiger partial charge in [0.1, 0.15) is 18.5 Å². The quantitative estimate of drug-likeness (QED) is 0.406. The highest BCUT2D eigenvalue weighted by Crippen LogP contribution is 2.35. The van der Waals surface area contributed by atoms with Crippen LogP contribution in [0.2, 0.25) is 5.02 Å². The van der Waals surface area contributed by atoms with Crippen LogP contribution in [0.15, 0.2) is 34.8 Å². The second-order valence-corrected chi connectivity index (χ2v) is 8.48. The molecule has 0 heterocycles. The summed E-state index contributed by atoms with van der Waals surface area (Å²) < 4.78 is 26.2. The molecule has 2 aromatic carbocycles. The van der Waals surface area contributed by atoms with Crippen molar-refractivity contribution in [3.63, 3.8) is 0 Å². The van der Waals surface area contributed by atoms with E-state index in [1.54, 1.807) is 18.2 Å². The number of benzene rings is 2. The summed E-state index contributed by atoms with van der Waals surface area (Å²) in [5.41, 5.74) is 1.09. The molecule has 0 aliphatic heterocycles. The molecule has 0 saturated heterocycles. The van der Waals surface area contributed by atoms with Gasteiger partial charge in [-0.2, -0.15) is 0 Å². The maximum absolute atomic E-state index is 14.0. The first-order valence-corrected chi connectivity index (χ1v) is 10.9. The summed E-state index contributed by atoms with van der Waals surface area (Å²) >= 11 is 9.57. The highest BCUT2D eigenvalue weighted by atomic mass is 79.9. The Morgan fingerprint density at radius 1 is 1.27 bits per heavy atom. The molecule has 0 amide bonds. The lowest BCUT2D eigenvalue weighted by atomic mass is 10.0. The minimum atomic E-state index is -0.883. The Balaban J connectivity index is 2.19. The molecule has 0 aliphatic carbocycles. The zero-order valence-corrected chi connectivity index (χ0v) is 19.5. The molecule has 0 aliphatic rings. The van der Waals surface area contributed by atoms with Crippen LogP contribution in [0.5, 0.6) is 11.5 Å². The van der Waals surface area contributed by atoms with Gasteiger partial charge < -0.3 is 19.9 Å². The Morgan fingerprint density at radius 2 is 1.97 bits per heavy atom. The molecule has 2 N–H and O–H groups in total. The molecule has 1 atom stereocenters. The van der Waals surface area contributed by atoms with Crippen molar-refractivity contribution in [3.05, 3.63) is 56.8 Å². The molecule has 0 saturated carbocycles. The Kier molecular flexibility index (Phi) is 9.39. The fourth-order valence-corrected chi connectivity index (χ4v) is 3.57. The van der Waals surface area contributed by atoms with Gasteiger partial charge in [0.05, 0.1) is 11.6 Å². The van der Waals surface area contributed by atoms with Crippen LogP contribution < -0.4 is 14.8 Å². The first kappa shape index (κ1) is 24.4. The van der Waals surface area contributed by atoms with Crippen molar-refractivity contribution < 1.29 is 23.8 Å². The fourth-order valence-electron chi connectivity index (χ4n) is 2.89. The van der Waals surface area contributed by atoms with E-state index in [-0.39, 0.29) is 23.1 Å². The van der Waals surface area contributed by atoms with Crippen LogP contribution in [0.3, 0.4) is 0 Å². The first-order valence-electron chi connectivity index (χ1n) is 9.70.